The van der Waals surface area contributed by atoms with Gasteiger partial charge >= 0.3 is 5.97 Å². The molecule has 1 aromatic heterocycles. The predicted molar refractivity (Wildman–Crippen MR) is 140 cm³/mol. The molecule has 0 N–H and O–H groups in total. The Hall–Kier alpha value is -2.53. The van der Waals surface area contributed by atoms with Gasteiger partial charge in [0.1, 0.15) is 5.75 Å². The Morgan fingerprint density at radius 3 is 2.18 bits per heavy atom. The summed E-state index contributed by atoms with van der Waals surface area (Å²) >= 11 is 1.57. The lowest BCUT2D eigenvalue weighted by atomic mass is 10.1. The average Bonchev–Trinajstić information content (AvgIpc) is 3.25. The average molecular weight is 465 g/mol. The summed E-state index contributed by atoms with van der Waals surface area (Å²) in [5, 5.41) is 0.735. The van der Waals surface area contributed by atoms with Crippen LogP contribution in [0.4, 0.5) is 5.13 Å². The molecule has 176 valence electrons. The molecule has 0 aliphatic rings. The van der Waals surface area contributed by atoms with E-state index in [1.807, 2.05) is 48.5 Å². The summed E-state index contributed by atoms with van der Waals surface area (Å²) in [5.41, 5.74) is 1.91. The van der Waals surface area contributed by atoms with Gasteiger partial charge in [-0.15, -0.1) is 0 Å². The van der Waals surface area contributed by atoms with Crippen molar-refractivity contribution < 1.29 is 9.53 Å². The molecule has 0 amide bonds. The molecule has 0 unspecified atom stereocenters. The molecule has 3 rings (SSSR count). The highest BCUT2D eigenvalue weighted by Crippen LogP contribution is 2.27. The van der Waals surface area contributed by atoms with Crippen LogP contribution in [-0.2, 0) is 4.79 Å². The first kappa shape index (κ1) is 25.1. The summed E-state index contributed by atoms with van der Waals surface area (Å²) in [6.07, 6.45) is 16.3. The fraction of sp³-hybridized carbons (Fsp3) is 0.464. The van der Waals surface area contributed by atoms with Gasteiger partial charge in [0.05, 0.1) is 10.2 Å². The van der Waals surface area contributed by atoms with Crippen molar-refractivity contribution in [2.24, 2.45) is 4.99 Å². The Balaban J connectivity index is 1.28. The number of aliphatic imine (C=N–C) groups is 1. The van der Waals surface area contributed by atoms with E-state index in [0.29, 0.717) is 12.2 Å². The van der Waals surface area contributed by atoms with E-state index in [9.17, 15) is 4.79 Å². The fourth-order valence-corrected chi connectivity index (χ4v) is 4.59. The van der Waals surface area contributed by atoms with E-state index < -0.39 is 0 Å². The zero-order valence-corrected chi connectivity index (χ0v) is 20.6. The highest BCUT2D eigenvalue weighted by atomic mass is 32.1. The van der Waals surface area contributed by atoms with Gasteiger partial charge in [-0.2, -0.15) is 0 Å². The van der Waals surface area contributed by atoms with E-state index in [1.165, 1.54) is 57.8 Å². The maximum atomic E-state index is 12.1. The van der Waals surface area contributed by atoms with Crippen molar-refractivity contribution in [1.29, 1.82) is 0 Å². The van der Waals surface area contributed by atoms with Crippen LogP contribution in [0, 0.1) is 0 Å². The molecule has 0 saturated heterocycles. The third-order valence-corrected chi connectivity index (χ3v) is 6.65. The van der Waals surface area contributed by atoms with Crippen molar-refractivity contribution in [3.8, 4) is 5.75 Å². The highest BCUT2D eigenvalue weighted by Gasteiger charge is 2.05. The minimum Gasteiger partial charge on any atom is -0.427 e. The Morgan fingerprint density at radius 2 is 1.52 bits per heavy atom. The summed E-state index contributed by atoms with van der Waals surface area (Å²) < 4.78 is 6.60. The van der Waals surface area contributed by atoms with Gasteiger partial charge < -0.3 is 4.74 Å². The van der Waals surface area contributed by atoms with E-state index in [-0.39, 0.29) is 5.97 Å². The van der Waals surface area contributed by atoms with Crippen LogP contribution in [0.1, 0.15) is 89.5 Å². The molecular formula is C28H36N2O2S. The molecule has 0 fully saturated rings. The van der Waals surface area contributed by atoms with Crippen molar-refractivity contribution >= 4 is 38.9 Å². The van der Waals surface area contributed by atoms with E-state index in [4.69, 9.17) is 4.74 Å². The van der Waals surface area contributed by atoms with Gasteiger partial charge in [-0.05, 0) is 48.4 Å². The number of carbonyl (C=O) groups excluding carboxylic acids is 1. The van der Waals surface area contributed by atoms with Gasteiger partial charge in [0.25, 0.3) is 0 Å². The topological polar surface area (TPSA) is 51.5 Å². The van der Waals surface area contributed by atoms with Crippen LogP contribution >= 0.6 is 11.3 Å². The molecule has 0 radical (unpaired) electrons. The van der Waals surface area contributed by atoms with E-state index in [0.717, 1.165) is 33.8 Å². The first-order chi connectivity index (χ1) is 16.2. The number of aromatic nitrogens is 1. The third kappa shape index (κ3) is 9.47. The lowest BCUT2D eigenvalue weighted by Gasteiger charge is -2.05. The third-order valence-electron chi connectivity index (χ3n) is 5.70. The number of para-hydroxylation sites is 1. The summed E-state index contributed by atoms with van der Waals surface area (Å²) in [5.74, 6) is 0.432. The molecule has 2 aromatic carbocycles. The van der Waals surface area contributed by atoms with Crippen molar-refractivity contribution in [2.75, 3.05) is 0 Å². The molecule has 0 atom stereocenters. The minimum atomic E-state index is -0.151. The molecule has 5 heteroatoms. The molecule has 0 aliphatic heterocycles. The first-order valence-corrected chi connectivity index (χ1v) is 13.3. The Bertz CT molecular complexity index is 962. The number of hydrogen-bond acceptors (Lipinski definition) is 5. The Labute approximate surface area is 202 Å². The van der Waals surface area contributed by atoms with Crippen molar-refractivity contribution in [1.82, 2.24) is 4.98 Å². The monoisotopic (exact) mass is 464 g/mol. The number of benzene rings is 2. The van der Waals surface area contributed by atoms with Gasteiger partial charge in [0.15, 0.2) is 0 Å². The SMILES string of the molecule is CCCCCCCCCCCCCC(=O)Oc1ccc(/C=N/c2nc3ccccc3s2)cc1. The summed E-state index contributed by atoms with van der Waals surface area (Å²) in [6, 6.07) is 15.5. The number of esters is 1. The predicted octanol–water partition coefficient (Wildman–Crippen LogP) is 8.65. The number of unbranched alkanes of at least 4 members (excludes halogenated alkanes) is 10. The number of fused-ring (bicyclic) bond motifs is 1. The maximum absolute atomic E-state index is 12.1. The molecule has 0 spiro atoms. The summed E-state index contributed by atoms with van der Waals surface area (Å²) in [6.45, 7) is 2.26. The molecule has 1 heterocycles. The smallest absolute Gasteiger partial charge is 0.311 e. The molecule has 0 saturated carbocycles. The zero-order chi connectivity index (χ0) is 23.1. The molecule has 33 heavy (non-hydrogen) atoms. The van der Waals surface area contributed by atoms with Gasteiger partial charge in [0.2, 0.25) is 5.13 Å². The minimum absolute atomic E-state index is 0.151. The van der Waals surface area contributed by atoms with Crippen LogP contribution in [0.3, 0.4) is 0 Å². The molecule has 3 aromatic rings. The Morgan fingerprint density at radius 1 is 0.879 bits per heavy atom. The molecule has 0 aliphatic carbocycles. The number of thiazole rings is 1. The second-order valence-electron chi connectivity index (χ2n) is 8.55. The lowest BCUT2D eigenvalue weighted by Crippen LogP contribution is -2.07. The van der Waals surface area contributed by atoms with E-state index >= 15 is 0 Å². The summed E-state index contributed by atoms with van der Waals surface area (Å²) in [4.78, 5) is 21.1. The van der Waals surface area contributed by atoms with E-state index in [2.05, 4.69) is 16.9 Å². The van der Waals surface area contributed by atoms with Gasteiger partial charge in [-0.1, -0.05) is 94.6 Å². The normalized spacial score (nSPS) is 11.4. The fourth-order valence-electron chi connectivity index (χ4n) is 3.78. The number of hydrogen-bond donors (Lipinski definition) is 0. The largest absolute Gasteiger partial charge is 0.427 e. The zero-order valence-electron chi connectivity index (χ0n) is 19.8. The highest BCUT2D eigenvalue weighted by molar-refractivity contribution is 7.22. The van der Waals surface area contributed by atoms with Crippen LogP contribution in [0.15, 0.2) is 53.5 Å². The van der Waals surface area contributed by atoms with Crippen LogP contribution in [0.5, 0.6) is 5.75 Å². The van der Waals surface area contributed by atoms with Gasteiger partial charge in [-0.25, -0.2) is 9.98 Å². The van der Waals surface area contributed by atoms with Gasteiger partial charge in [0, 0.05) is 12.6 Å². The van der Waals surface area contributed by atoms with Crippen molar-refractivity contribution in [2.45, 2.75) is 84.0 Å². The van der Waals surface area contributed by atoms with Crippen LogP contribution in [-0.4, -0.2) is 17.2 Å². The van der Waals surface area contributed by atoms with Crippen LogP contribution < -0.4 is 4.74 Å². The number of ether oxygens (including phenoxy) is 1. The van der Waals surface area contributed by atoms with Crippen LogP contribution in [0.25, 0.3) is 10.2 Å². The maximum Gasteiger partial charge on any atom is 0.311 e. The standard InChI is InChI=1S/C28H36N2O2S/c1-2-3-4-5-6-7-8-9-10-11-12-17-27(31)32-24-20-18-23(19-21-24)22-29-28-30-25-15-13-14-16-26(25)33-28/h13-16,18-22H,2-12,17H2,1H3/b29-22+. The number of nitrogens with zero attached hydrogens (tertiary/aromatic N) is 2. The van der Waals surface area contributed by atoms with Crippen molar-refractivity contribution in [3.05, 3.63) is 54.1 Å². The molecular weight excluding hydrogens is 428 g/mol. The second kappa shape index (κ2) is 14.6. The Kier molecular flexibility index (Phi) is 11.1. The molecule has 4 nitrogen and oxygen atoms in total. The number of carbonyl (C=O) groups is 1. The molecule has 0 bridgehead atoms. The number of rotatable bonds is 15. The summed E-state index contributed by atoms with van der Waals surface area (Å²) in [7, 11) is 0. The van der Waals surface area contributed by atoms with Gasteiger partial charge in [-0.3, -0.25) is 4.79 Å². The lowest BCUT2D eigenvalue weighted by molar-refractivity contribution is -0.134. The first-order valence-electron chi connectivity index (χ1n) is 12.4. The van der Waals surface area contributed by atoms with Crippen LogP contribution in [0.2, 0.25) is 0 Å². The van der Waals surface area contributed by atoms with E-state index in [1.54, 1.807) is 17.6 Å². The second-order valence-corrected chi connectivity index (χ2v) is 9.56. The van der Waals surface area contributed by atoms with Crippen molar-refractivity contribution in [3.63, 3.8) is 0 Å². The quantitative estimate of drug-likeness (QED) is 0.0978.